The van der Waals surface area contributed by atoms with Crippen LogP contribution in [0.25, 0.3) is 5.69 Å². The zero-order valence-electron chi connectivity index (χ0n) is 10.4. The van der Waals surface area contributed by atoms with Gasteiger partial charge in [-0.3, -0.25) is 4.79 Å². The van der Waals surface area contributed by atoms with Gasteiger partial charge < -0.3 is 0 Å². The topological polar surface area (TPSA) is 34.9 Å². The zero-order chi connectivity index (χ0) is 14.3. The average Bonchev–Trinajstić information content (AvgIpc) is 2.78. The SMILES string of the molecule is O=C1CCc2c(c(C(F)(F)F)nn2-c2ccccc2)C1. The van der Waals surface area contributed by atoms with E-state index < -0.39 is 11.9 Å². The summed E-state index contributed by atoms with van der Waals surface area (Å²) in [4.78, 5) is 11.4. The Bertz CT molecular complexity index is 659. The van der Waals surface area contributed by atoms with Crippen molar-refractivity contribution in [2.75, 3.05) is 0 Å². The molecule has 6 heteroatoms. The van der Waals surface area contributed by atoms with Crippen LogP contribution in [0.1, 0.15) is 23.4 Å². The van der Waals surface area contributed by atoms with Gasteiger partial charge in [-0.25, -0.2) is 4.68 Å². The Morgan fingerprint density at radius 3 is 2.45 bits per heavy atom. The highest BCUT2D eigenvalue weighted by Gasteiger charge is 2.40. The Labute approximate surface area is 113 Å². The fourth-order valence-electron chi connectivity index (χ4n) is 2.48. The van der Waals surface area contributed by atoms with Crippen molar-refractivity contribution in [2.45, 2.75) is 25.4 Å². The second kappa shape index (κ2) is 4.47. The molecule has 0 bridgehead atoms. The van der Waals surface area contributed by atoms with Crippen LogP contribution in [-0.4, -0.2) is 15.6 Å². The first-order valence-electron chi connectivity index (χ1n) is 6.22. The lowest BCUT2D eigenvalue weighted by molar-refractivity contribution is -0.142. The highest BCUT2D eigenvalue weighted by molar-refractivity contribution is 5.83. The third kappa shape index (κ3) is 2.11. The molecule has 20 heavy (non-hydrogen) atoms. The number of hydrogen-bond acceptors (Lipinski definition) is 2. The van der Waals surface area contributed by atoms with Gasteiger partial charge in [0.1, 0.15) is 5.78 Å². The maximum absolute atomic E-state index is 13.0. The molecule has 0 aliphatic heterocycles. The number of carbonyl (C=O) groups excluding carboxylic acids is 1. The van der Waals surface area contributed by atoms with Crippen LogP contribution < -0.4 is 0 Å². The normalized spacial score (nSPS) is 15.2. The van der Waals surface area contributed by atoms with E-state index in [4.69, 9.17) is 0 Å². The van der Waals surface area contributed by atoms with E-state index >= 15 is 0 Å². The summed E-state index contributed by atoms with van der Waals surface area (Å²) in [7, 11) is 0. The van der Waals surface area contributed by atoms with Crippen LogP contribution in [0, 0.1) is 0 Å². The number of benzene rings is 1. The molecule has 0 saturated heterocycles. The third-order valence-electron chi connectivity index (χ3n) is 3.37. The lowest BCUT2D eigenvalue weighted by atomic mass is 9.94. The molecular weight excluding hydrogens is 269 g/mol. The van der Waals surface area contributed by atoms with E-state index in [0.717, 1.165) is 0 Å². The first kappa shape index (κ1) is 12.9. The number of nitrogens with zero attached hydrogens (tertiary/aromatic N) is 2. The van der Waals surface area contributed by atoms with Crippen molar-refractivity contribution in [1.29, 1.82) is 0 Å². The number of para-hydroxylation sites is 1. The van der Waals surface area contributed by atoms with Gasteiger partial charge >= 0.3 is 6.18 Å². The molecule has 0 saturated carbocycles. The summed E-state index contributed by atoms with van der Waals surface area (Å²) >= 11 is 0. The van der Waals surface area contributed by atoms with Crippen molar-refractivity contribution in [1.82, 2.24) is 9.78 Å². The van der Waals surface area contributed by atoms with E-state index in [0.29, 0.717) is 17.8 Å². The highest BCUT2D eigenvalue weighted by atomic mass is 19.4. The Morgan fingerprint density at radius 1 is 1.10 bits per heavy atom. The summed E-state index contributed by atoms with van der Waals surface area (Å²) < 4.78 is 40.4. The molecule has 2 aromatic rings. The molecule has 3 nitrogen and oxygen atoms in total. The molecule has 0 radical (unpaired) electrons. The summed E-state index contributed by atoms with van der Waals surface area (Å²) in [5, 5.41) is 3.71. The van der Waals surface area contributed by atoms with Gasteiger partial charge in [0, 0.05) is 24.1 Å². The smallest absolute Gasteiger partial charge is 0.299 e. The maximum atomic E-state index is 13.0. The molecule has 1 aliphatic rings. The van der Waals surface area contributed by atoms with Crippen molar-refractivity contribution >= 4 is 5.78 Å². The van der Waals surface area contributed by atoms with Crippen LogP contribution in [0.4, 0.5) is 13.2 Å². The van der Waals surface area contributed by atoms with Crippen molar-refractivity contribution in [3.05, 3.63) is 47.3 Å². The average molecular weight is 280 g/mol. The van der Waals surface area contributed by atoms with Crippen LogP contribution in [0.5, 0.6) is 0 Å². The predicted molar refractivity (Wildman–Crippen MR) is 65.6 cm³/mol. The molecule has 1 aromatic carbocycles. The number of halogens is 3. The minimum absolute atomic E-state index is 0.0256. The third-order valence-corrected chi connectivity index (χ3v) is 3.37. The van der Waals surface area contributed by atoms with Crippen molar-refractivity contribution in [3.63, 3.8) is 0 Å². The number of alkyl halides is 3. The van der Waals surface area contributed by atoms with Crippen LogP contribution in [0.3, 0.4) is 0 Å². The molecule has 1 aliphatic carbocycles. The van der Waals surface area contributed by atoms with E-state index in [9.17, 15) is 18.0 Å². The second-order valence-electron chi connectivity index (χ2n) is 4.73. The Morgan fingerprint density at radius 2 is 1.80 bits per heavy atom. The van der Waals surface area contributed by atoms with Gasteiger partial charge in [-0.1, -0.05) is 18.2 Å². The molecule has 0 amide bonds. The number of rotatable bonds is 1. The van der Waals surface area contributed by atoms with Crippen molar-refractivity contribution < 1.29 is 18.0 Å². The number of carbonyl (C=O) groups is 1. The first-order valence-corrected chi connectivity index (χ1v) is 6.22. The summed E-state index contributed by atoms with van der Waals surface area (Å²) in [6.45, 7) is 0. The monoisotopic (exact) mass is 280 g/mol. The maximum Gasteiger partial charge on any atom is 0.435 e. The van der Waals surface area contributed by atoms with Crippen LogP contribution in [0.15, 0.2) is 30.3 Å². The predicted octanol–water partition coefficient (Wildman–Crippen LogP) is 2.95. The van der Waals surface area contributed by atoms with Gasteiger partial charge in [0.15, 0.2) is 5.69 Å². The van der Waals surface area contributed by atoms with Crippen molar-refractivity contribution in [3.8, 4) is 5.69 Å². The zero-order valence-corrected chi connectivity index (χ0v) is 10.4. The Kier molecular flexibility index (Phi) is 2.88. The molecule has 1 aromatic heterocycles. The van der Waals surface area contributed by atoms with Gasteiger partial charge in [0.2, 0.25) is 0 Å². The minimum Gasteiger partial charge on any atom is -0.299 e. The lowest BCUT2D eigenvalue weighted by Crippen LogP contribution is -2.17. The number of fused-ring (bicyclic) bond motifs is 1. The van der Waals surface area contributed by atoms with Crippen LogP contribution >= 0.6 is 0 Å². The van der Waals surface area contributed by atoms with E-state index in [1.807, 2.05) is 0 Å². The second-order valence-corrected chi connectivity index (χ2v) is 4.73. The molecule has 3 rings (SSSR count). The van der Waals surface area contributed by atoms with Gasteiger partial charge in [-0.05, 0) is 18.6 Å². The first-order chi connectivity index (χ1) is 9.47. The van der Waals surface area contributed by atoms with Crippen molar-refractivity contribution in [2.24, 2.45) is 0 Å². The molecule has 104 valence electrons. The highest BCUT2D eigenvalue weighted by Crippen LogP contribution is 2.36. The van der Waals surface area contributed by atoms with Gasteiger partial charge in [0.25, 0.3) is 0 Å². The van der Waals surface area contributed by atoms with E-state index in [2.05, 4.69) is 5.10 Å². The number of Topliss-reactive ketones (excluding diaryl/α,β-unsaturated/α-hetero) is 1. The fraction of sp³-hybridized carbons (Fsp3) is 0.286. The Hall–Kier alpha value is -2.11. The lowest BCUT2D eigenvalue weighted by Gasteiger charge is -2.14. The molecular formula is C14H11F3N2O. The molecule has 0 N–H and O–H groups in total. The Balaban J connectivity index is 2.20. The largest absolute Gasteiger partial charge is 0.435 e. The van der Waals surface area contributed by atoms with E-state index in [1.165, 1.54) is 4.68 Å². The van der Waals surface area contributed by atoms with E-state index in [-0.39, 0.29) is 24.2 Å². The minimum atomic E-state index is -4.54. The molecule has 0 fully saturated rings. The standard InChI is InChI=1S/C14H11F3N2O/c15-14(16,17)13-11-8-10(20)6-7-12(11)19(18-13)9-4-2-1-3-5-9/h1-5H,6-8H2. The molecule has 0 atom stereocenters. The van der Waals surface area contributed by atoms with Crippen LogP contribution in [-0.2, 0) is 23.8 Å². The summed E-state index contributed by atoms with van der Waals surface area (Å²) in [5.41, 5.74) is 0.152. The molecule has 0 spiro atoms. The summed E-state index contributed by atoms with van der Waals surface area (Å²) in [5.74, 6) is -0.171. The number of aromatic nitrogens is 2. The van der Waals surface area contributed by atoms with Gasteiger partial charge in [-0.2, -0.15) is 18.3 Å². The number of ketones is 1. The van der Waals surface area contributed by atoms with E-state index in [1.54, 1.807) is 30.3 Å². The van der Waals surface area contributed by atoms with Gasteiger partial charge in [0.05, 0.1) is 5.69 Å². The van der Waals surface area contributed by atoms with Gasteiger partial charge in [-0.15, -0.1) is 0 Å². The summed E-state index contributed by atoms with van der Waals surface area (Å²) in [6.07, 6.45) is -4.16. The summed E-state index contributed by atoms with van der Waals surface area (Å²) in [6, 6.07) is 8.66. The quantitative estimate of drug-likeness (QED) is 0.805. The fourth-order valence-corrected chi connectivity index (χ4v) is 2.48. The molecule has 1 heterocycles. The van der Waals surface area contributed by atoms with Crippen LogP contribution in [0.2, 0.25) is 0 Å². The molecule has 0 unspecified atom stereocenters. The number of hydrogen-bond donors (Lipinski definition) is 0.